The first-order chi connectivity index (χ1) is 11.3. The van der Waals surface area contributed by atoms with E-state index in [0.29, 0.717) is 6.42 Å². The fourth-order valence-corrected chi connectivity index (χ4v) is 2.41. The summed E-state index contributed by atoms with van der Waals surface area (Å²) >= 11 is 0. The molecule has 0 saturated carbocycles. The van der Waals surface area contributed by atoms with E-state index in [2.05, 4.69) is 20.4 Å². The number of benzene rings is 1. The Morgan fingerprint density at radius 3 is 2.48 bits per heavy atom. The Labute approximate surface area is 135 Å². The minimum atomic E-state index is 0.00686. The maximum atomic E-state index is 11.4. The molecule has 0 aliphatic carbocycles. The van der Waals surface area contributed by atoms with Crippen LogP contribution in [0.25, 0.3) is 11.3 Å². The predicted octanol–water partition coefficient (Wildman–Crippen LogP) is 2.33. The summed E-state index contributed by atoms with van der Waals surface area (Å²) in [5.41, 5.74) is 2.58. The van der Waals surface area contributed by atoms with Crippen LogP contribution in [-0.2, 0) is 9.53 Å². The summed E-state index contributed by atoms with van der Waals surface area (Å²) in [6.07, 6.45) is 0.468. The molecule has 1 amide bonds. The van der Waals surface area contributed by atoms with E-state index in [1.165, 1.54) is 0 Å². The first-order valence-electron chi connectivity index (χ1n) is 7.83. The average Bonchev–Trinajstić information content (AvgIpc) is 2.63. The molecule has 3 rings (SSSR count). The van der Waals surface area contributed by atoms with Gasteiger partial charge in [-0.05, 0) is 24.3 Å². The van der Waals surface area contributed by atoms with Crippen molar-refractivity contribution in [2.45, 2.75) is 13.3 Å². The normalized spacial score (nSPS) is 14.6. The first-order valence-corrected chi connectivity index (χ1v) is 7.83. The number of carbonyl (C=O) groups is 1. The van der Waals surface area contributed by atoms with Gasteiger partial charge in [-0.3, -0.25) is 4.79 Å². The summed E-state index contributed by atoms with van der Waals surface area (Å²) in [6.45, 7) is 4.98. The molecule has 2 aromatic rings. The van der Waals surface area contributed by atoms with E-state index in [1.807, 2.05) is 43.3 Å². The van der Waals surface area contributed by atoms with Crippen LogP contribution in [0.5, 0.6) is 0 Å². The molecular weight excluding hydrogens is 292 g/mol. The second-order valence-electron chi connectivity index (χ2n) is 5.36. The van der Waals surface area contributed by atoms with Crippen molar-refractivity contribution >= 4 is 17.4 Å². The Morgan fingerprint density at radius 1 is 1.13 bits per heavy atom. The zero-order valence-electron chi connectivity index (χ0n) is 13.2. The van der Waals surface area contributed by atoms with Gasteiger partial charge in [-0.1, -0.05) is 19.1 Å². The highest BCUT2D eigenvalue weighted by Gasteiger charge is 2.13. The van der Waals surface area contributed by atoms with Crippen LogP contribution in [0.3, 0.4) is 0 Å². The molecule has 0 bridgehead atoms. The SMILES string of the molecule is CCC(=O)Nc1ccc(-c2ccc(N3CCOCC3)nn2)cc1. The largest absolute Gasteiger partial charge is 0.378 e. The van der Waals surface area contributed by atoms with Crippen LogP contribution in [0, 0.1) is 0 Å². The minimum absolute atomic E-state index is 0.00686. The summed E-state index contributed by atoms with van der Waals surface area (Å²) in [5, 5.41) is 11.5. The predicted molar refractivity (Wildman–Crippen MR) is 89.4 cm³/mol. The lowest BCUT2D eigenvalue weighted by atomic mass is 10.1. The number of hydrogen-bond donors (Lipinski definition) is 1. The van der Waals surface area contributed by atoms with Crippen LogP contribution in [0.4, 0.5) is 11.5 Å². The number of nitrogens with zero attached hydrogens (tertiary/aromatic N) is 3. The van der Waals surface area contributed by atoms with Gasteiger partial charge in [0, 0.05) is 30.8 Å². The van der Waals surface area contributed by atoms with E-state index < -0.39 is 0 Å². The molecule has 0 radical (unpaired) electrons. The van der Waals surface area contributed by atoms with Crippen LogP contribution >= 0.6 is 0 Å². The smallest absolute Gasteiger partial charge is 0.224 e. The number of nitrogens with one attached hydrogen (secondary N) is 1. The third kappa shape index (κ3) is 3.84. The molecule has 2 heterocycles. The van der Waals surface area contributed by atoms with Crippen molar-refractivity contribution < 1.29 is 9.53 Å². The summed E-state index contributed by atoms with van der Waals surface area (Å²) in [4.78, 5) is 13.5. The van der Waals surface area contributed by atoms with Gasteiger partial charge >= 0.3 is 0 Å². The molecule has 1 fully saturated rings. The van der Waals surface area contributed by atoms with Gasteiger partial charge in [0.2, 0.25) is 5.91 Å². The Morgan fingerprint density at radius 2 is 1.87 bits per heavy atom. The van der Waals surface area contributed by atoms with Gasteiger partial charge in [0.15, 0.2) is 5.82 Å². The molecule has 1 aromatic heterocycles. The zero-order valence-corrected chi connectivity index (χ0v) is 13.2. The number of aromatic nitrogens is 2. The van der Waals surface area contributed by atoms with Gasteiger partial charge in [-0.15, -0.1) is 10.2 Å². The first kappa shape index (κ1) is 15.4. The third-order valence-corrected chi connectivity index (χ3v) is 3.77. The van der Waals surface area contributed by atoms with Crippen molar-refractivity contribution in [3.63, 3.8) is 0 Å². The van der Waals surface area contributed by atoms with Gasteiger partial charge in [0.1, 0.15) is 0 Å². The van der Waals surface area contributed by atoms with Crippen LogP contribution in [0.1, 0.15) is 13.3 Å². The zero-order chi connectivity index (χ0) is 16.1. The van der Waals surface area contributed by atoms with Gasteiger partial charge < -0.3 is 15.0 Å². The molecule has 1 saturated heterocycles. The number of ether oxygens (including phenoxy) is 1. The average molecular weight is 312 g/mol. The molecule has 6 heteroatoms. The summed E-state index contributed by atoms with van der Waals surface area (Å²) in [6, 6.07) is 11.6. The van der Waals surface area contributed by atoms with Crippen molar-refractivity contribution in [1.29, 1.82) is 0 Å². The van der Waals surface area contributed by atoms with Crippen LogP contribution in [0.2, 0.25) is 0 Å². The Hall–Kier alpha value is -2.47. The fraction of sp³-hybridized carbons (Fsp3) is 0.353. The molecule has 1 aliphatic rings. The van der Waals surface area contributed by atoms with Crippen molar-refractivity contribution in [2.24, 2.45) is 0 Å². The van der Waals surface area contributed by atoms with E-state index in [0.717, 1.165) is 49.1 Å². The Bertz CT molecular complexity index is 649. The van der Waals surface area contributed by atoms with Gasteiger partial charge in [0.05, 0.1) is 18.9 Å². The number of hydrogen-bond acceptors (Lipinski definition) is 5. The quantitative estimate of drug-likeness (QED) is 0.938. The molecule has 120 valence electrons. The molecule has 1 aromatic carbocycles. The Kier molecular flexibility index (Phi) is 4.83. The molecule has 1 aliphatic heterocycles. The highest BCUT2D eigenvalue weighted by Crippen LogP contribution is 2.21. The third-order valence-electron chi connectivity index (χ3n) is 3.77. The summed E-state index contributed by atoms with van der Waals surface area (Å²) in [5.74, 6) is 0.885. The lowest BCUT2D eigenvalue weighted by molar-refractivity contribution is -0.115. The maximum absolute atomic E-state index is 11.4. The fourth-order valence-electron chi connectivity index (χ4n) is 2.41. The van der Waals surface area contributed by atoms with Crippen molar-refractivity contribution in [3.8, 4) is 11.3 Å². The topological polar surface area (TPSA) is 67.4 Å². The lowest BCUT2D eigenvalue weighted by Crippen LogP contribution is -2.36. The van der Waals surface area contributed by atoms with E-state index >= 15 is 0 Å². The van der Waals surface area contributed by atoms with Crippen molar-refractivity contribution in [3.05, 3.63) is 36.4 Å². The highest BCUT2D eigenvalue weighted by atomic mass is 16.5. The summed E-state index contributed by atoms with van der Waals surface area (Å²) < 4.78 is 5.34. The second kappa shape index (κ2) is 7.19. The van der Waals surface area contributed by atoms with Crippen LogP contribution in [-0.4, -0.2) is 42.4 Å². The van der Waals surface area contributed by atoms with Gasteiger partial charge in [0.25, 0.3) is 0 Å². The molecule has 0 atom stereocenters. The lowest BCUT2D eigenvalue weighted by Gasteiger charge is -2.27. The maximum Gasteiger partial charge on any atom is 0.224 e. The van der Waals surface area contributed by atoms with Gasteiger partial charge in [-0.25, -0.2) is 0 Å². The van der Waals surface area contributed by atoms with E-state index in [9.17, 15) is 4.79 Å². The van der Waals surface area contributed by atoms with E-state index in [-0.39, 0.29) is 5.91 Å². The van der Waals surface area contributed by atoms with E-state index in [1.54, 1.807) is 0 Å². The second-order valence-corrected chi connectivity index (χ2v) is 5.36. The number of carbonyl (C=O) groups excluding carboxylic acids is 1. The molecule has 0 spiro atoms. The molecular formula is C17H20N4O2. The highest BCUT2D eigenvalue weighted by molar-refractivity contribution is 5.90. The monoisotopic (exact) mass is 312 g/mol. The minimum Gasteiger partial charge on any atom is -0.378 e. The number of morpholine rings is 1. The van der Waals surface area contributed by atoms with Gasteiger partial charge in [-0.2, -0.15) is 0 Å². The van der Waals surface area contributed by atoms with Crippen molar-refractivity contribution in [2.75, 3.05) is 36.5 Å². The van der Waals surface area contributed by atoms with Crippen LogP contribution < -0.4 is 10.2 Å². The van der Waals surface area contributed by atoms with E-state index in [4.69, 9.17) is 4.74 Å². The molecule has 6 nitrogen and oxygen atoms in total. The standard InChI is InChI=1S/C17H20N4O2/c1-2-17(22)18-14-5-3-13(4-6-14)15-7-8-16(20-19-15)21-9-11-23-12-10-21/h3-8H,2,9-12H2,1H3,(H,18,22). The van der Waals surface area contributed by atoms with Crippen LogP contribution in [0.15, 0.2) is 36.4 Å². The molecule has 1 N–H and O–H groups in total. The number of anilines is 2. The van der Waals surface area contributed by atoms with Crippen molar-refractivity contribution in [1.82, 2.24) is 10.2 Å². The number of rotatable bonds is 4. The molecule has 23 heavy (non-hydrogen) atoms. The Balaban J connectivity index is 1.70. The molecule has 0 unspecified atom stereocenters. The number of amides is 1. The summed E-state index contributed by atoms with van der Waals surface area (Å²) in [7, 11) is 0.